The Labute approximate surface area is 123 Å². The zero-order valence-corrected chi connectivity index (χ0v) is 12.0. The lowest BCUT2D eigenvalue weighted by Crippen LogP contribution is -2.35. The Hall–Kier alpha value is -1.59. The number of ether oxygens (including phenoxy) is 1. The number of fused-ring (bicyclic) bond motifs is 2. The van der Waals surface area contributed by atoms with Crippen molar-refractivity contribution in [3.8, 4) is 0 Å². The highest BCUT2D eigenvalue weighted by Crippen LogP contribution is 2.36. The minimum atomic E-state index is -0.929. The molecule has 0 aromatic carbocycles. The van der Waals surface area contributed by atoms with Gasteiger partial charge in [0, 0.05) is 24.8 Å². The predicted octanol–water partition coefficient (Wildman–Crippen LogP) is 1.68. The van der Waals surface area contributed by atoms with Gasteiger partial charge in [0.2, 0.25) is 0 Å². The molecular weight excluding hydrogens is 272 g/mol. The summed E-state index contributed by atoms with van der Waals surface area (Å²) < 4.78 is 10.5. The molecule has 0 unspecified atom stereocenters. The first-order valence-electron chi connectivity index (χ1n) is 7.42. The Morgan fingerprint density at radius 1 is 1.33 bits per heavy atom. The van der Waals surface area contributed by atoms with Crippen LogP contribution < -0.4 is 0 Å². The van der Waals surface area contributed by atoms with Crippen LogP contribution in [0.4, 0.5) is 0 Å². The van der Waals surface area contributed by atoms with Crippen LogP contribution in [0.1, 0.15) is 43.2 Å². The molecule has 1 aromatic heterocycles. The standard InChI is InChI=1S/C16H20O5/c1-2-3-11-12-8-20-7-10(12)4-9-5-15(18)21-14(9)6-13(17)16(11)19/h5,7-8,11,13-14,16-17,19H,2-4,6H2,1H3/t11-,13+,14+,16-/m0/s1. The number of carbonyl (C=O) groups excluding carboxylic acids is 1. The van der Waals surface area contributed by atoms with Gasteiger partial charge >= 0.3 is 5.97 Å². The average Bonchev–Trinajstić information content (AvgIpc) is 3.02. The van der Waals surface area contributed by atoms with Gasteiger partial charge in [-0.05, 0) is 23.1 Å². The van der Waals surface area contributed by atoms with Crippen LogP contribution in [0, 0.1) is 0 Å². The Morgan fingerprint density at radius 3 is 2.90 bits per heavy atom. The maximum Gasteiger partial charge on any atom is 0.331 e. The van der Waals surface area contributed by atoms with Gasteiger partial charge in [-0.15, -0.1) is 0 Å². The summed E-state index contributed by atoms with van der Waals surface area (Å²) in [7, 11) is 0. The summed E-state index contributed by atoms with van der Waals surface area (Å²) in [5, 5.41) is 20.8. The Kier molecular flexibility index (Phi) is 3.87. The minimum Gasteiger partial charge on any atom is -0.472 e. The van der Waals surface area contributed by atoms with E-state index >= 15 is 0 Å². The van der Waals surface area contributed by atoms with Gasteiger partial charge in [0.15, 0.2) is 0 Å². The quantitative estimate of drug-likeness (QED) is 0.811. The van der Waals surface area contributed by atoms with Gasteiger partial charge in [0.05, 0.1) is 24.7 Å². The molecule has 4 atom stereocenters. The lowest BCUT2D eigenvalue weighted by molar-refractivity contribution is -0.140. The Morgan fingerprint density at radius 2 is 2.14 bits per heavy atom. The van der Waals surface area contributed by atoms with E-state index in [1.165, 1.54) is 6.08 Å². The van der Waals surface area contributed by atoms with E-state index in [9.17, 15) is 15.0 Å². The largest absolute Gasteiger partial charge is 0.472 e. The van der Waals surface area contributed by atoms with Crippen molar-refractivity contribution in [2.45, 2.75) is 56.8 Å². The summed E-state index contributed by atoms with van der Waals surface area (Å²) in [6, 6.07) is 0. The van der Waals surface area contributed by atoms with Crippen LogP contribution in [-0.2, 0) is 16.0 Å². The van der Waals surface area contributed by atoms with E-state index in [0.717, 1.165) is 29.5 Å². The van der Waals surface area contributed by atoms with E-state index in [2.05, 4.69) is 0 Å². The second-order valence-electron chi connectivity index (χ2n) is 5.86. The summed E-state index contributed by atoms with van der Waals surface area (Å²) in [4.78, 5) is 11.5. The van der Waals surface area contributed by atoms with Gasteiger partial charge in [0.25, 0.3) is 0 Å². The Bertz CT molecular complexity index is 559. The number of aliphatic hydroxyl groups excluding tert-OH is 2. The molecule has 2 N–H and O–H groups in total. The summed E-state index contributed by atoms with van der Waals surface area (Å²) in [5.41, 5.74) is 2.71. The maximum absolute atomic E-state index is 11.5. The smallest absolute Gasteiger partial charge is 0.331 e. The van der Waals surface area contributed by atoms with Crippen LogP contribution in [0.2, 0.25) is 0 Å². The second kappa shape index (κ2) is 5.66. The molecule has 1 aliphatic carbocycles. The maximum atomic E-state index is 11.5. The van der Waals surface area contributed by atoms with Gasteiger partial charge in [0.1, 0.15) is 6.10 Å². The summed E-state index contributed by atoms with van der Waals surface area (Å²) in [6.45, 7) is 2.05. The molecule has 0 saturated carbocycles. The van der Waals surface area contributed by atoms with Crippen LogP contribution in [0.3, 0.4) is 0 Å². The summed E-state index contributed by atoms with van der Waals surface area (Å²) in [6.07, 6.45) is 4.98. The summed E-state index contributed by atoms with van der Waals surface area (Å²) in [5.74, 6) is -0.540. The van der Waals surface area contributed by atoms with Gasteiger partial charge in [-0.1, -0.05) is 13.3 Å². The van der Waals surface area contributed by atoms with Gasteiger partial charge in [-0.25, -0.2) is 4.79 Å². The molecule has 2 aliphatic rings. The molecule has 5 heteroatoms. The first kappa shape index (κ1) is 14.4. The van der Waals surface area contributed by atoms with Crippen molar-refractivity contribution in [3.63, 3.8) is 0 Å². The zero-order valence-electron chi connectivity index (χ0n) is 12.0. The molecule has 5 nitrogen and oxygen atoms in total. The lowest BCUT2D eigenvalue weighted by Gasteiger charge is -2.27. The van der Waals surface area contributed by atoms with Crippen molar-refractivity contribution in [2.75, 3.05) is 0 Å². The topological polar surface area (TPSA) is 79.9 Å². The summed E-state index contributed by atoms with van der Waals surface area (Å²) >= 11 is 0. The number of carbonyl (C=O) groups is 1. The van der Waals surface area contributed by atoms with Crippen LogP contribution in [0.15, 0.2) is 28.6 Å². The molecular formula is C16H20O5. The lowest BCUT2D eigenvalue weighted by atomic mass is 9.85. The molecule has 0 fully saturated rings. The van der Waals surface area contributed by atoms with Crippen LogP contribution >= 0.6 is 0 Å². The normalized spacial score (nSPS) is 32.3. The monoisotopic (exact) mass is 292 g/mol. The second-order valence-corrected chi connectivity index (χ2v) is 5.86. The Balaban J connectivity index is 2.01. The number of hydrogen-bond acceptors (Lipinski definition) is 5. The van der Waals surface area contributed by atoms with Crippen molar-refractivity contribution in [2.24, 2.45) is 0 Å². The molecule has 2 heterocycles. The molecule has 0 radical (unpaired) electrons. The van der Waals surface area contributed by atoms with Crippen molar-refractivity contribution in [1.82, 2.24) is 0 Å². The first-order chi connectivity index (χ1) is 10.1. The van der Waals surface area contributed by atoms with Crippen molar-refractivity contribution >= 4 is 5.97 Å². The molecule has 0 spiro atoms. The highest BCUT2D eigenvalue weighted by molar-refractivity contribution is 5.86. The molecule has 0 bridgehead atoms. The fourth-order valence-corrected chi connectivity index (χ4v) is 3.33. The third-order valence-corrected chi connectivity index (χ3v) is 4.41. The molecule has 21 heavy (non-hydrogen) atoms. The molecule has 0 saturated heterocycles. The van der Waals surface area contributed by atoms with Gasteiger partial charge in [-0.2, -0.15) is 0 Å². The molecule has 1 aromatic rings. The number of rotatable bonds is 2. The highest BCUT2D eigenvalue weighted by Gasteiger charge is 2.37. The third-order valence-electron chi connectivity index (χ3n) is 4.41. The fourth-order valence-electron chi connectivity index (χ4n) is 3.33. The molecule has 3 rings (SSSR count). The van der Waals surface area contributed by atoms with E-state index in [4.69, 9.17) is 9.15 Å². The van der Waals surface area contributed by atoms with E-state index in [-0.39, 0.29) is 18.3 Å². The minimum absolute atomic E-state index is 0.158. The SMILES string of the molecule is CCC[C@H]1c2cocc2CC2=CC(=O)O[C@@H]2C[C@@H](O)[C@H]1O. The highest BCUT2D eigenvalue weighted by atomic mass is 16.5. The first-order valence-corrected chi connectivity index (χ1v) is 7.42. The van der Waals surface area contributed by atoms with E-state index in [0.29, 0.717) is 6.42 Å². The molecule has 1 aliphatic heterocycles. The third kappa shape index (κ3) is 2.63. The van der Waals surface area contributed by atoms with E-state index in [1.807, 2.05) is 6.92 Å². The number of esters is 1. The van der Waals surface area contributed by atoms with Crippen molar-refractivity contribution < 1.29 is 24.2 Å². The van der Waals surface area contributed by atoms with E-state index < -0.39 is 18.3 Å². The molecule has 114 valence electrons. The van der Waals surface area contributed by atoms with Gasteiger partial charge in [-0.3, -0.25) is 0 Å². The molecule has 0 amide bonds. The number of furan rings is 1. The van der Waals surface area contributed by atoms with Gasteiger partial charge < -0.3 is 19.4 Å². The predicted molar refractivity (Wildman–Crippen MR) is 74.7 cm³/mol. The number of hydrogen-bond donors (Lipinski definition) is 2. The van der Waals surface area contributed by atoms with E-state index in [1.54, 1.807) is 12.5 Å². The van der Waals surface area contributed by atoms with Crippen molar-refractivity contribution in [3.05, 3.63) is 35.3 Å². The van der Waals surface area contributed by atoms with Crippen LogP contribution in [0.5, 0.6) is 0 Å². The number of aliphatic hydroxyl groups is 2. The van der Waals surface area contributed by atoms with Crippen LogP contribution in [-0.4, -0.2) is 34.5 Å². The average molecular weight is 292 g/mol. The zero-order chi connectivity index (χ0) is 15.0. The van der Waals surface area contributed by atoms with Crippen LogP contribution in [0.25, 0.3) is 0 Å². The fraction of sp³-hybridized carbons (Fsp3) is 0.562. The van der Waals surface area contributed by atoms with Crippen molar-refractivity contribution in [1.29, 1.82) is 0 Å².